The van der Waals surface area contributed by atoms with Gasteiger partial charge in [-0.15, -0.1) is 5.10 Å². The monoisotopic (exact) mass is 369 g/mol. The summed E-state index contributed by atoms with van der Waals surface area (Å²) in [6.45, 7) is 1.40. The number of Topliss-reactive ketones (excluding diaryl/α,β-unsaturated/α-hetero) is 1. The average Bonchev–Trinajstić information content (AvgIpc) is 2.96. The van der Waals surface area contributed by atoms with Gasteiger partial charge in [0.25, 0.3) is 0 Å². The lowest BCUT2D eigenvalue weighted by atomic mass is 10.1. The predicted octanol–water partition coefficient (Wildman–Crippen LogP) is 3.02. The topological polar surface area (TPSA) is 103 Å². The molecule has 0 atom stereocenters. The Balaban J connectivity index is 1.69. The summed E-state index contributed by atoms with van der Waals surface area (Å²) >= 11 is 5.87. The smallest absolute Gasteiger partial charge is 0.246 e. The molecule has 7 nitrogen and oxygen atoms in total. The number of anilines is 2. The number of nitrogen functional groups attached to an aromatic ring is 1. The Morgan fingerprint density at radius 1 is 1.12 bits per heavy atom. The van der Waals surface area contributed by atoms with E-state index in [9.17, 15) is 9.59 Å². The number of hydrogen-bond donors (Lipinski definition) is 2. The zero-order valence-electron chi connectivity index (χ0n) is 13.9. The minimum absolute atomic E-state index is 0.0343. The Labute approximate surface area is 154 Å². The van der Waals surface area contributed by atoms with Crippen LogP contribution in [0.15, 0.2) is 48.5 Å². The number of ketones is 1. The summed E-state index contributed by atoms with van der Waals surface area (Å²) in [5.41, 5.74) is 7.76. The first-order valence-electron chi connectivity index (χ1n) is 7.79. The molecule has 0 fully saturated rings. The quantitative estimate of drug-likeness (QED) is 0.673. The van der Waals surface area contributed by atoms with E-state index in [1.165, 1.54) is 11.6 Å². The zero-order valence-corrected chi connectivity index (χ0v) is 14.7. The fourth-order valence-electron chi connectivity index (χ4n) is 2.32. The van der Waals surface area contributed by atoms with Crippen molar-refractivity contribution < 1.29 is 9.59 Å². The number of nitrogens with two attached hydrogens (primary N) is 1. The Morgan fingerprint density at radius 3 is 2.38 bits per heavy atom. The van der Waals surface area contributed by atoms with Gasteiger partial charge in [-0.2, -0.15) is 4.98 Å². The van der Waals surface area contributed by atoms with Crippen molar-refractivity contribution in [2.24, 2.45) is 0 Å². The van der Waals surface area contributed by atoms with Crippen molar-refractivity contribution in [1.29, 1.82) is 0 Å². The minimum atomic E-state index is -0.306. The molecule has 8 heteroatoms. The number of carbonyl (C=O) groups is 2. The van der Waals surface area contributed by atoms with Crippen LogP contribution in [0.3, 0.4) is 0 Å². The van der Waals surface area contributed by atoms with Crippen LogP contribution in [-0.2, 0) is 11.3 Å². The Morgan fingerprint density at radius 2 is 1.77 bits per heavy atom. The van der Waals surface area contributed by atoms with Crippen LogP contribution in [0, 0.1) is 0 Å². The number of rotatable bonds is 5. The van der Waals surface area contributed by atoms with Crippen LogP contribution in [0.25, 0.3) is 11.4 Å². The second kappa shape index (κ2) is 7.37. The van der Waals surface area contributed by atoms with Gasteiger partial charge in [0.1, 0.15) is 6.54 Å². The van der Waals surface area contributed by atoms with Gasteiger partial charge in [0.2, 0.25) is 11.9 Å². The zero-order chi connectivity index (χ0) is 18.7. The van der Waals surface area contributed by atoms with Gasteiger partial charge in [-0.1, -0.05) is 11.6 Å². The normalized spacial score (nSPS) is 10.5. The molecular formula is C18H16ClN5O2. The molecule has 0 unspecified atom stereocenters. The van der Waals surface area contributed by atoms with Crippen LogP contribution >= 0.6 is 11.6 Å². The lowest BCUT2D eigenvalue weighted by Gasteiger charge is -2.06. The van der Waals surface area contributed by atoms with Gasteiger partial charge in [-0.05, 0) is 55.5 Å². The fraction of sp³-hybridized carbons (Fsp3) is 0.111. The Bertz CT molecular complexity index is 949. The maximum Gasteiger partial charge on any atom is 0.246 e. The van der Waals surface area contributed by atoms with Crippen molar-refractivity contribution in [3.63, 3.8) is 0 Å². The third kappa shape index (κ3) is 4.07. The van der Waals surface area contributed by atoms with Gasteiger partial charge >= 0.3 is 0 Å². The lowest BCUT2D eigenvalue weighted by molar-refractivity contribution is -0.116. The summed E-state index contributed by atoms with van der Waals surface area (Å²) in [6.07, 6.45) is 0. The highest BCUT2D eigenvalue weighted by atomic mass is 35.5. The molecule has 0 spiro atoms. The van der Waals surface area contributed by atoms with Crippen LogP contribution in [0.1, 0.15) is 17.3 Å². The molecule has 1 amide bonds. The SMILES string of the molecule is CC(=O)c1ccc(NC(=O)Cn2nc(-c3ccc(Cl)cc3)nc2N)cc1. The van der Waals surface area contributed by atoms with Crippen molar-refractivity contribution in [2.75, 3.05) is 11.1 Å². The number of hydrogen-bond acceptors (Lipinski definition) is 5. The van der Waals surface area contributed by atoms with Crippen molar-refractivity contribution in [3.05, 3.63) is 59.1 Å². The molecule has 3 aromatic rings. The van der Waals surface area contributed by atoms with Crippen LogP contribution in [-0.4, -0.2) is 26.5 Å². The number of nitrogens with one attached hydrogen (secondary N) is 1. The molecule has 1 heterocycles. The number of halogens is 1. The molecule has 0 radical (unpaired) electrons. The van der Waals surface area contributed by atoms with Crippen molar-refractivity contribution in [2.45, 2.75) is 13.5 Å². The molecule has 26 heavy (non-hydrogen) atoms. The van der Waals surface area contributed by atoms with Gasteiger partial charge in [-0.25, -0.2) is 4.68 Å². The van der Waals surface area contributed by atoms with Crippen LogP contribution in [0.2, 0.25) is 5.02 Å². The number of carbonyl (C=O) groups excluding carboxylic acids is 2. The molecule has 0 saturated heterocycles. The highest BCUT2D eigenvalue weighted by Gasteiger charge is 2.12. The van der Waals surface area contributed by atoms with Crippen molar-refractivity contribution in [1.82, 2.24) is 14.8 Å². The highest BCUT2D eigenvalue weighted by Crippen LogP contribution is 2.19. The van der Waals surface area contributed by atoms with E-state index in [0.717, 1.165) is 5.56 Å². The second-order valence-electron chi connectivity index (χ2n) is 5.64. The number of amides is 1. The molecule has 0 aliphatic carbocycles. The molecule has 2 aromatic carbocycles. The Kier molecular flexibility index (Phi) is 4.99. The van der Waals surface area contributed by atoms with Gasteiger partial charge in [0.05, 0.1) is 0 Å². The van der Waals surface area contributed by atoms with Crippen LogP contribution in [0.4, 0.5) is 11.6 Å². The van der Waals surface area contributed by atoms with E-state index in [1.54, 1.807) is 48.5 Å². The first-order chi connectivity index (χ1) is 12.4. The summed E-state index contributed by atoms with van der Waals surface area (Å²) in [6, 6.07) is 13.6. The molecule has 0 aliphatic rings. The van der Waals surface area contributed by atoms with Crippen molar-refractivity contribution >= 4 is 34.9 Å². The van der Waals surface area contributed by atoms with Gasteiger partial charge in [0, 0.05) is 21.8 Å². The van der Waals surface area contributed by atoms with Gasteiger partial charge < -0.3 is 11.1 Å². The van der Waals surface area contributed by atoms with Gasteiger partial charge in [0.15, 0.2) is 11.6 Å². The standard InChI is InChI=1S/C18H16ClN5O2/c1-11(25)12-4-8-15(9-5-12)21-16(26)10-24-18(20)22-17(23-24)13-2-6-14(19)7-3-13/h2-9H,10H2,1H3,(H,21,26)(H2,20,22,23). The molecule has 0 aliphatic heterocycles. The second-order valence-corrected chi connectivity index (χ2v) is 6.08. The van der Waals surface area contributed by atoms with Crippen molar-refractivity contribution in [3.8, 4) is 11.4 Å². The van der Waals surface area contributed by atoms with E-state index in [4.69, 9.17) is 17.3 Å². The third-order valence-corrected chi connectivity index (χ3v) is 3.92. The van der Waals surface area contributed by atoms with E-state index in [0.29, 0.717) is 22.1 Å². The predicted molar refractivity (Wildman–Crippen MR) is 100.0 cm³/mol. The molecule has 0 bridgehead atoms. The summed E-state index contributed by atoms with van der Waals surface area (Å²) in [5, 5.41) is 7.60. The summed E-state index contributed by atoms with van der Waals surface area (Å²) in [5.74, 6) is 0.211. The maximum absolute atomic E-state index is 12.2. The molecule has 3 rings (SSSR count). The van der Waals surface area contributed by atoms with Crippen LogP contribution in [0.5, 0.6) is 0 Å². The number of benzene rings is 2. The number of nitrogens with zero attached hydrogens (tertiary/aromatic N) is 3. The lowest BCUT2D eigenvalue weighted by Crippen LogP contribution is -2.20. The molecule has 0 saturated carbocycles. The maximum atomic E-state index is 12.2. The molecular weight excluding hydrogens is 354 g/mol. The van der Waals surface area contributed by atoms with E-state index in [1.807, 2.05) is 0 Å². The van der Waals surface area contributed by atoms with E-state index >= 15 is 0 Å². The number of aromatic nitrogens is 3. The molecule has 3 N–H and O–H groups in total. The summed E-state index contributed by atoms with van der Waals surface area (Å²) in [7, 11) is 0. The minimum Gasteiger partial charge on any atom is -0.368 e. The van der Waals surface area contributed by atoms with E-state index in [2.05, 4.69) is 15.4 Å². The largest absolute Gasteiger partial charge is 0.368 e. The summed E-state index contributed by atoms with van der Waals surface area (Å²) < 4.78 is 1.32. The highest BCUT2D eigenvalue weighted by molar-refractivity contribution is 6.30. The first kappa shape index (κ1) is 17.6. The van der Waals surface area contributed by atoms with E-state index in [-0.39, 0.29) is 24.2 Å². The Hall–Kier alpha value is -3.19. The third-order valence-electron chi connectivity index (χ3n) is 3.67. The van der Waals surface area contributed by atoms with Crippen LogP contribution < -0.4 is 11.1 Å². The molecule has 132 valence electrons. The average molecular weight is 370 g/mol. The van der Waals surface area contributed by atoms with E-state index < -0.39 is 0 Å². The first-order valence-corrected chi connectivity index (χ1v) is 8.17. The summed E-state index contributed by atoms with van der Waals surface area (Å²) in [4.78, 5) is 27.6. The molecule has 1 aromatic heterocycles. The fourth-order valence-corrected chi connectivity index (χ4v) is 2.44. The van der Waals surface area contributed by atoms with Gasteiger partial charge in [-0.3, -0.25) is 9.59 Å².